The van der Waals surface area contributed by atoms with E-state index in [1.54, 1.807) is 0 Å². The molecule has 1 aromatic rings. The molecule has 0 saturated heterocycles. The quantitative estimate of drug-likeness (QED) is 0.463. The number of carbonyl (C=O) groups is 1. The van der Waals surface area contributed by atoms with Crippen LogP contribution in [0.2, 0.25) is 0 Å². The van der Waals surface area contributed by atoms with Gasteiger partial charge in [0.25, 0.3) is 0 Å². The van der Waals surface area contributed by atoms with E-state index in [1.165, 1.54) is 0 Å². The maximum Gasteiger partial charge on any atom is 0.330 e. The second-order valence-corrected chi connectivity index (χ2v) is 2.69. The van der Waals surface area contributed by atoms with E-state index in [-0.39, 0.29) is 13.1 Å². The van der Waals surface area contributed by atoms with Crippen LogP contribution in [-0.2, 0) is 11.3 Å². The Bertz CT molecular complexity index is 449. The number of aromatic amines is 1. The van der Waals surface area contributed by atoms with Gasteiger partial charge in [0.15, 0.2) is 0 Å². The lowest BCUT2D eigenvalue weighted by Gasteiger charge is -2.04. The van der Waals surface area contributed by atoms with Gasteiger partial charge in [-0.2, -0.15) is 5.10 Å². The number of nitrogens with one attached hydrogen (secondary N) is 2. The molecule has 1 amide bonds. The van der Waals surface area contributed by atoms with Crippen LogP contribution in [0, 0.1) is 0 Å². The van der Waals surface area contributed by atoms with Gasteiger partial charge in [0.1, 0.15) is 12.9 Å². The second-order valence-electron chi connectivity index (χ2n) is 2.69. The molecule has 1 rings (SSSR count). The van der Waals surface area contributed by atoms with Crippen LogP contribution >= 0.6 is 0 Å². The third-order valence-electron chi connectivity index (χ3n) is 1.64. The number of aliphatic hydroxyl groups is 1. The molecular formula is C7H10N4O4. The van der Waals surface area contributed by atoms with E-state index in [9.17, 15) is 14.4 Å². The Morgan fingerprint density at radius 2 is 2.33 bits per heavy atom. The summed E-state index contributed by atoms with van der Waals surface area (Å²) in [6, 6.07) is 0. The number of hydrogen-bond acceptors (Lipinski definition) is 5. The Hall–Kier alpha value is -1.96. The minimum Gasteiger partial charge on any atom is -0.387 e. The van der Waals surface area contributed by atoms with E-state index in [1.807, 2.05) is 5.10 Å². The van der Waals surface area contributed by atoms with Crippen molar-refractivity contribution in [1.82, 2.24) is 20.1 Å². The zero-order valence-corrected chi connectivity index (χ0v) is 7.77. The van der Waals surface area contributed by atoms with Gasteiger partial charge in [0.05, 0.1) is 0 Å². The largest absolute Gasteiger partial charge is 0.387 e. The summed E-state index contributed by atoms with van der Waals surface area (Å²) in [7, 11) is 0. The van der Waals surface area contributed by atoms with Crippen molar-refractivity contribution >= 4 is 5.91 Å². The van der Waals surface area contributed by atoms with Crippen molar-refractivity contribution in [2.24, 2.45) is 0 Å². The Morgan fingerprint density at radius 3 is 3.00 bits per heavy atom. The van der Waals surface area contributed by atoms with Crippen molar-refractivity contribution in [3.05, 3.63) is 27.0 Å². The summed E-state index contributed by atoms with van der Waals surface area (Å²) in [5, 5.41) is 16.1. The first-order chi connectivity index (χ1) is 7.15. The molecule has 0 unspecified atom stereocenters. The lowest BCUT2D eigenvalue weighted by Crippen LogP contribution is -2.39. The molecule has 0 bridgehead atoms. The smallest absolute Gasteiger partial charge is 0.330 e. The van der Waals surface area contributed by atoms with Gasteiger partial charge in [-0.3, -0.25) is 19.0 Å². The SMILES string of the molecule is O=C(CO)NCCn1cn[nH]c(=O)c1=O. The average molecular weight is 214 g/mol. The van der Waals surface area contributed by atoms with Crippen LogP contribution < -0.4 is 16.4 Å². The van der Waals surface area contributed by atoms with Gasteiger partial charge in [-0.15, -0.1) is 0 Å². The molecule has 1 aromatic heterocycles. The highest BCUT2D eigenvalue weighted by atomic mass is 16.3. The van der Waals surface area contributed by atoms with Gasteiger partial charge >= 0.3 is 11.1 Å². The fourth-order valence-corrected chi connectivity index (χ4v) is 0.919. The molecule has 0 aliphatic heterocycles. The molecule has 0 radical (unpaired) electrons. The van der Waals surface area contributed by atoms with Crippen LogP contribution in [0.15, 0.2) is 15.9 Å². The van der Waals surface area contributed by atoms with Gasteiger partial charge in [0, 0.05) is 13.1 Å². The summed E-state index contributed by atoms with van der Waals surface area (Å²) in [4.78, 5) is 32.6. The molecule has 8 nitrogen and oxygen atoms in total. The van der Waals surface area contributed by atoms with Crippen LogP contribution in [0.3, 0.4) is 0 Å². The highest BCUT2D eigenvalue weighted by Crippen LogP contribution is 1.72. The third kappa shape index (κ3) is 3.02. The first-order valence-electron chi connectivity index (χ1n) is 4.17. The molecule has 82 valence electrons. The van der Waals surface area contributed by atoms with Crippen molar-refractivity contribution in [2.75, 3.05) is 13.2 Å². The maximum atomic E-state index is 11.1. The van der Waals surface area contributed by atoms with Gasteiger partial charge in [0.2, 0.25) is 5.91 Å². The second kappa shape index (κ2) is 5.05. The Morgan fingerprint density at radius 1 is 1.60 bits per heavy atom. The van der Waals surface area contributed by atoms with Gasteiger partial charge in [-0.05, 0) is 0 Å². The first kappa shape index (κ1) is 11.1. The zero-order valence-electron chi connectivity index (χ0n) is 7.77. The van der Waals surface area contributed by atoms with Gasteiger partial charge < -0.3 is 10.4 Å². The minimum absolute atomic E-state index is 0.126. The van der Waals surface area contributed by atoms with E-state index >= 15 is 0 Å². The predicted octanol–water partition coefficient (Wildman–Crippen LogP) is -2.96. The summed E-state index contributed by atoms with van der Waals surface area (Å²) < 4.78 is 1.07. The molecule has 1 heterocycles. The van der Waals surface area contributed by atoms with Crippen LogP contribution in [0.25, 0.3) is 0 Å². The monoisotopic (exact) mass is 214 g/mol. The Kier molecular flexibility index (Phi) is 3.75. The molecule has 8 heteroatoms. The minimum atomic E-state index is -0.814. The van der Waals surface area contributed by atoms with Gasteiger partial charge in [-0.1, -0.05) is 0 Å². The average Bonchev–Trinajstić information content (AvgIpc) is 2.24. The number of hydrogen-bond donors (Lipinski definition) is 3. The predicted molar refractivity (Wildman–Crippen MR) is 49.2 cm³/mol. The first-order valence-corrected chi connectivity index (χ1v) is 4.17. The molecule has 0 fully saturated rings. The topological polar surface area (TPSA) is 117 Å². The van der Waals surface area contributed by atoms with Crippen LogP contribution in [0.1, 0.15) is 0 Å². The maximum absolute atomic E-state index is 11.1. The van der Waals surface area contributed by atoms with E-state index < -0.39 is 23.6 Å². The van der Waals surface area contributed by atoms with E-state index in [0.717, 1.165) is 10.9 Å². The molecule has 0 aliphatic carbocycles. The number of carbonyl (C=O) groups excluding carboxylic acids is 1. The number of rotatable bonds is 4. The Labute approximate surface area is 83.6 Å². The number of H-pyrrole nitrogens is 1. The van der Waals surface area contributed by atoms with Crippen LogP contribution in [0.5, 0.6) is 0 Å². The Balaban J connectivity index is 2.59. The van der Waals surface area contributed by atoms with Crippen molar-refractivity contribution in [1.29, 1.82) is 0 Å². The van der Waals surface area contributed by atoms with Gasteiger partial charge in [-0.25, -0.2) is 5.10 Å². The summed E-state index contributed by atoms with van der Waals surface area (Å²) in [6.45, 7) is -0.339. The fraction of sp³-hybridized carbons (Fsp3) is 0.429. The number of nitrogens with zero attached hydrogens (tertiary/aromatic N) is 2. The fourth-order valence-electron chi connectivity index (χ4n) is 0.919. The molecule has 3 N–H and O–H groups in total. The number of amides is 1. The summed E-state index contributed by atoms with van der Waals surface area (Å²) in [6.07, 6.45) is 1.16. The summed E-state index contributed by atoms with van der Waals surface area (Å²) in [5.41, 5.74) is -1.55. The standard InChI is InChI=1S/C7H10N4O4/c12-3-5(13)8-1-2-11-4-9-10-6(14)7(11)15/h4,12H,1-3H2,(H,8,13)(H,10,14). The molecular weight excluding hydrogens is 204 g/mol. The molecule has 0 saturated carbocycles. The van der Waals surface area contributed by atoms with E-state index in [2.05, 4.69) is 10.4 Å². The number of aromatic nitrogens is 3. The molecule has 0 aliphatic rings. The molecule has 0 spiro atoms. The van der Waals surface area contributed by atoms with Crippen molar-refractivity contribution < 1.29 is 9.90 Å². The van der Waals surface area contributed by atoms with Crippen molar-refractivity contribution in [2.45, 2.75) is 6.54 Å². The molecule has 0 atom stereocenters. The molecule has 0 aromatic carbocycles. The summed E-state index contributed by atoms with van der Waals surface area (Å²) >= 11 is 0. The van der Waals surface area contributed by atoms with Crippen LogP contribution in [-0.4, -0.2) is 38.9 Å². The third-order valence-corrected chi connectivity index (χ3v) is 1.64. The lowest BCUT2D eigenvalue weighted by atomic mass is 10.5. The zero-order chi connectivity index (χ0) is 11.3. The van der Waals surface area contributed by atoms with Crippen molar-refractivity contribution in [3.8, 4) is 0 Å². The van der Waals surface area contributed by atoms with Crippen LogP contribution in [0.4, 0.5) is 0 Å². The lowest BCUT2D eigenvalue weighted by molar-refractivity contribution is -0.123. The normalized spacial score (nSPS) is 9.93. The van der Waals surface area contributed by atoms with E-state index in [0.29, 0.717) is 0 Å². The summed E-state index contributed by atoms with van der Waals surface area (Å²) in [5.74, 6) is -0.541. The van der Waals surface area contributed by atoms with E-state index in [4.69, 9.17) is 5.11 Å². The highest BCUT2D eigenvalue weighted by Gasteiger charge is 2.01. The highest BCUT2D eigenvalue weighted by molar-refractivity contribution is 5.76. The number of aliphatic hydroxyl groups excluding tert-OH is 1. The molecule has 15 heavy (non-hydrogen) atoms. The van der Waals surface area contributed by atoms with Crippen molar-refractivity contribution in [3.63, 3.8) is 0 Å².